The summed E-state index contributed by atoms with van der Waals surface area (Å²) in [6.45, 7) is 51.2. The number of carbonyl (C=O) groups excluding carboxylic acids is 3. The summed E-state index contributed by atoms with van der Waals surface area (Å²) in [4.78, 5) is 51.3. The summed E-state index contributed by atoms with van der Waals surface area (Å²) in [5, 5.41) is 37.9. The van der Waals surface area contributed by atoms with Gasteiger partial charge in [0.1, 0.15) is 35.9 Å². The Morgan fingerprint density at radius 2 is 0.824 bits per heavy atom. The van der Waals surface area contributed by atoms with Crippen molar-refractivity contribution in [2.75, 3.05) is 0 Å². The molecule has 131 heavy (non-hydrogen) atoms. The van der Waals surface area contributed by atoms with E-state index in [4.69, 9.17) is 15.0 Å². The first-order valence-electron chi connectivity index (χ1n) is 47.8. The zero-order chi connectivity index (χ0) is 93.4. The summed E-state index contributed by atoms with van der Waals surface area (Å²) in [6, 6.07) is 65.6. The van der Waals surface area contributed by atoms with E-state index in [0.29, 0.717) is 17.3 Å². The van der Waals surface area contributed by atoms with Crippen molar-refractivity contribution in [3.05, 3.63) is 296 Å². The number of hydrogen-bond donors (Lipinski definition) is 3. The van der Waals surface area contributed by atoms with Crippen LogP contribution in [0, 0.1) is 103 Å². The number of carbonyl (C=O) groups is 3. The number of rotatable bonds is 29. The van der Waals surface area contributed by atoms with Crippen molar-refractivity contribution in [2.24, 2.45) is 67.7 Å². The van der Waals surface area contributed by atoms with Crippen molar-refractivity contribution in [1.82, 2.24) is 0 Å². The van der Waals surface area contributed by atoms with Crippen molar-refractivity contribution < 1.29 is 103 Å². The van der Waals surface area contributed by atoms with Crippen LogP contribution in [0.15, 0.2) is 208 Å². The molecule has 0 aliphatic carbocycles. The molecule has 0 saturated heterocycles. The maximum atomic E-state index is 11.7. The molecule has 7 aromatic carbocycles. The third kappa shape index (κ3) is 30.8. The van der Waals surface area contributed by atoms with Crippen LogP contribution in [0.1, 0.15) is 297 Å². The largest absolute Gasteiger partial charge is 0.512 e. The van der Waals surface area contributed by atoms with Gasteiger partial charge in [-0.05, 0) is 176 Å². The normalized spacial score (nSPS) is 14.5. The third-order valence-corrected chi connectivity index (χ3v) is 26.2. The van der Waals surface area contributed by atoms with Gasteiger partial charge in [0.25, 0.3) is 0 Å². The van der Waals surface area contributed by atoms with Crippen LogP contribution in [0.2, 0.25) is 0 Å². The number of aromatic nitrogens is 3. The molecule has 0 fully saturated rings. The van der Waals surface area contributed by atoms with Gasteiger partial charge in [-0.15, -0.1) is 58.3 Å². The van der Waals surface area contributed by atoms with Gasteiger partial charge >= 0.3 is 16.5 Å². The maximum Gasteiger partial charge on any atom is 0.323 e. The van der Waals surface area contributed by atoms with E-state index in [2.05, 4.69) is 291 Å². The molecule has 0 amide bonds. The maximum absolute atomic E-state index is 11.7. The fraction of sp³-hybridized carbons (Fsp3) is 0.452. The van der Waals surface area contributed by atoms with Gasteiger partial charge in [-0.2, -0.15) is 55.3 Å². The Hall–Kier alpha value is -8.42. The van der Waals surface area contributed by atoms with Gasteiger partial charge in [0, 0.05) is 148 Å². The van der Waals surface area contributed by atoms with Crippen molar-refractivity contribution in [3.63, 3.8) is 0 Å². The SMILES string of the molecule is CC(C)Cc1ccc2ccc3[n+](c2c1)=CC(c1[c-]c2ccccc2c(C(C)(C)C)c1)N=3.CC(C)Cc1ccc2ccc3[n+](c2c1)=CC(c1[c-]c2ccccc2s1)N=3.CCC(CC)C(=O)C=C(O)C(CC)CC.CCC(CC)C(=O)C=C(O)C(CC)CC.CCC(CC)C(=O)C=C(O)C(CC)CC.Cc1[c-]c(C2C=[n+]3cc4cc(CC(C)(C)C)ccc4cc3=N2)cc(C)c1.[Ir].[Ir].[Ir]. The van der Waals surface area contributed by atoms with Gasteiger partial charge < -0.3 is 15.3 Å². The van der Waals surface area contributed by atoms with Crippen LogP contribution in [0.5, 0.6) is 0 Å². The zero-order valence-corrected chi connectivity index (χ0v) is 90.6. The Labute approximate surface area is 827 Å². The number of nitrogens with zero attached hydrogens (tertiary/aromatic N) is 6. The number of aliphatic hydroxyl groups is 3. The van der Waals surface area contributed by atoms with Gasteiger partial charge in [0.15, 0.2) is 23.4 Å². The van der Waals surface area contributed by atoms with E-state index in [-0.39, 0.29) is 154 Å². The molecule has 3 unspecified atom stereocenters. The van der Waals surface area contributed by atoms with E-state index >= 15 is 0 Å². The van der Waals surface area contributed by atoms with E-state index < -0.39 is 0 Å². The van der Waals surface area contributed by atoms with Crippen LogP contribution in [0.25, 0.3) is 53.4 Å². The second-order valence-corrected chi connectivity index (χ2v) is 39.4. The van der Waals surface area contributed by atoms with Crippen molar-refractivity contribution in [1.29, 1.82) is 0 Å². The summed E-state index contributed by atoms with van der Waals surface area (Å²) < 4.78 is 7.96. The molecule has 4 aromatic heterocycles. The number of aryl methyl sites for hydroxylation is 2. The summed E-state index contributed by atoms with van der Waals surface area (Å²) in [6.07, 6.45) is 26.9. The minimum atomic E-state index is -0.0231. The molecular weight excluding hydrogens is 2170 g/mol. The molecule has 707 valence electrons. The second kappa shape index (κ2) is 52.5. The standard InChI is InChI=1S/C29H30N2.C24H26N2.C23H20N2S.3C13H24O2.3Ir/c1-19(2)14-20-10-11-21-12-13-28-30-26(18-31(28)27(21)15-20)23-16-22-8-6-7-9-24(22)25(17-23)29(3,4)5;1-16-8-17(2)10-20(9-16)22-15-26-14-21-11-18(13-24(3,4)5)6-7-19(21)12-23(26)25-22;1-15(2)11-16-7-8-17-9-10-23-24-19(14-25(23)20(17)12-16)22-13-18-5-3-4-6-21(18)26-22;3*1-5-10(6-2)12(14)9-13(15)11(7-3)8-4;;;/h6-13,15,17-19,26H,14H2,1-5H3;6-9,11-12,14-15,22H,13H2,1-5H3;3-10,12,14-15,19H,11H2,1-2H3;3*9-11,14H,5-8H2,1-4H3;;;. The fourth-order valence-corrected chi connectivity index (χ4v) is 18.5. The number of thiophene rings is 1. The molecule has 12 nitrogen and oxygen atoms in total. The van der Waals surface area contributed by atoms with Crippen molar-refractivity contribution in [3.8, 4) is 0 Å². The van der Waals surface area contributed by atoms with Gasteiger partial charge in [0.05, 0.1) is 17.3 Å². The average Bonchev–Trinajstić information content (AvgIpc) is 1.67. The van der Waals surface area contributed by atoms with Crippen LogP contribution in [-0.4, -0.2) is 32.7 Å². The molecule has 3 aliphatic heterocycles. The quantitative estimate of drug-likeness (QED) is 0.0183. The molecule has 16 heteroatoms. The minimum absolute atomic E-state index is 0. The van der Waals surface area contributed by atoms with Crippen LogP contribution in [-0.2, 0) is 99.4 Å². The Balaban J connectivity index is 0.000000248. The van der Waals surface area contributed by atoms with Crippen LogP contribution in [0.4, 0.5) is 0 Å². The summed E-state index contributed by atoms with van der Waals surface area (Å²) >= 11 is 1.79. The summed E-state index contributed by atoms with van der Waals surface area (Å²) in [5.74, 6) is 2.94. The molecule has 11 aromatic rings. The molecular formula is C115H148Ir3N6O6S. The first-order valence-corrected chi connectivity index (χ1v) is 48.6. The van der Waals surface area contributed by atoms with Gasteiger partial charge in [-0.1, -0.05) is 246 Å². The number of ketones is 3. The van der Waals surface area contributed by atoms with Crippen LogP contribution < -0.4 is 29.2 Å². The first kappa shape index (κ1) is 111. The van der Waals surface area contributed by atoms with Crippen molar-refractivity contribution in [2.45, 2.75) is 286 Å². The van der Waals surface area contributed by atoms with Gasteiger partial charge in [-0.25, -0.2) is 15.6 Å². The Kier molecular flexibility index (Phi) is 44.6. The molecule has 7 heterocycles. The predicted octanol–water partition coefficient (Wildman–Crippen LogP) is 26.8. The Morgan fingerprint density at radius 1 is 0.420 bits per heavy atom. The van der Waals surface area contributed by atoms with E-state index in [1.54, 1.807) is 11.3 Å². The number of benzene rings is 7. The molecule has 3 atom stereocenters. The van der Waals surface area contributed by atoms with E-state index in [1.807, 2.05) is 83.1 Å². The van der Waals surface area contributed by atoms with Crippen molar-refractivity contribution >= 4 is 82.1 Å². The number of allylic oxidation sites excluding steroid dienone is 6. The van der Waals surface area contributed by atoms with E-state index in [0.717, 1.165) is 124 Å². The number of fused-ring (bicyclic) bond motifs is 10. The van der Waals surface area contributed by atoms with E-state index in [1.165, 1.54) is 110 Å². The topological polar surface area (TPSA) is 167 Å². The molecule has 0 spiro atoms. The predicted molar refractivity (Wildman–Crippen MR) is 532 cm³/mol. The average molecular weight is 2320 g/mol. The fourth-order valence-electron chi connectivity index (χ4n) is 17.5. The third-order valence-electron chi connectivity index (χ3n) is 25.0. The van der Waals surface area contributed by atoms with Gasteiger partial charge in [-0.3, -0.25) is 14.4 Å². The Bertz CT molecular complexity index is 6000. The monoisotopic (exact) mass is 2320 g/mol. The smallest absolute Gasteiger partial charge is 0.323 e. The molecule has 3 N–H and O–H groups in total. The number of aliphatic hydroxyl groups excluding tert-OH is 3. The molecule has 14 rings (SSSR count). The molecule has 0 bridgehead atoms. The first-order chi connectivity index (χ1) is 61.0. The second-order valence-electron chi connectivity index (χ2n) is 38.3. The number of hydrogen-bond acceptors (Lipinski definition) is 10. The van der Waals surface area contributed by atoms with E-state index in [9.17, 15) is 29.7 Å². The van der Waals surface area contributed by atoms with Crippen LogP contribution in [0.3, 0.4) is 0 Å². The Morgan fingerprint density at radius 3 is 1.27 bits per heavy atom. The molecule has 3 radical (unpaired) electrons. The molecule has 0 saturated carbocycles. The number of pyridine rings is 3. The summed E-state index contributed by atoms with van der Waals surface area (Å²) in [7, 11) is 0. The zero-order valence-electron chi connectivity index (χ0n) is 82.6. The summed E-state index contributed by atoms with van der Waals surface area (Å²) in [5.41, 5.74) is 16.1. The minimum Gasteiger partial charge on any atom is -0.512 e. The van der Waals surface area contributed by atoms with Gasteiger partial charge in [0.2, 0.25) is 12.1 Å². The molecule has 3 aliphatic rings. The van der Waals surface area contributed by atoms with Crippen LogP contribution >= 0.6 is 11.3 Å².